The van der Waals surface area contributed by atoms with Gasteiger partial charge in [-0.3, -0.25) is 0 Å². The SMILES string of the molecule is CC(C)CC(C)Nc1cccc(-c2cnco2)c1. The van der Waals surface area contributed by atoms with Gasteiger partial charge in [-0.15, -0.1) is 0 Å². The van der Waals surface area contributed by atoms with Crippen LogP contribution in [-0.4, -0.2) is 11.0 Å². The van der Waals surface area contributed by atoms with Gasteiger partial charge in [0.1, 0.15) is 0 Å². The predicted molar refractivity (Wildman–Crippen MR) is 74.5 cm³/mol. The number of nitrogens with zero attached hydrogens (tertiary/aromatic N) is 1. The molecule has 96 valence electrons. The van der Waals surface area contributed by atoms with Crippen LogP contribution in [0.4, 0.5) is 5.69 Å². The summed E-state index contributed by atoms with van der Waals surface area (Å²) in [6.45, 7) is 6.69. The second-order valence-corrected chi connectivity index (χ2v) is 5.12. The molecule has 0 aliphatic heterocycles. The van der Waals surface area contributed by atoms with Crippen LogP contribution in [0.2, 0.25) is 0 Å². The van der Waals surface area contributed by atoms with Gasteiger partial charge < -0.3 is 9.73 Å². The van der Waals surface area contributed by atoms with Crippen molar-refractivity contribution >= 4 is 5.69 Å². The van der Waals surface area contributed by atoms with Gasteiger partial charge in [0, 0.05) is 17.3 Å². The van der Waals surface area contributed by atoms with E-state index in [9.17, 15) is 0 Å². The van der Waals surface area contributed by atoms with E-state index < -0.39 is 0 Å². The van der Waals surface area contributed by atoms with E-state index in [-0.39, 0.29) is 0 Å². The van der Waals surface area contributed by atoms with Gasteiger partial charge in [-0.25, -0.2) is 4.98 Å². The number of nitrogens with one attached hydrogen (secondary N) is 1. The van der Waals surface area contributed by atoms with E-state index >= 15 is 0 Å². The Morgan fingerprint density at radius 1 is 1.28 bits per heavy atom. The third kappa shape index (κ3) is 3.36. The van der Waals surface area contributed by atoms with Crippen molar-refractivity contribution in [1.82, 2.24) is 4.98 Å². The summed E-state index contributed by atoms with van der Waals surface area (Å²) in [6.07, 6.45) is 4.35. The minimum atomic E-state index is 0.468. The third-order valence-corrected chi connectivity index (χ3v) is 2.82. The Hall–Kier alpha value is -1.77. The van der Waals surface area contributed by atoms with Crippen molar-refractivity contribution in [3.8, 4) is 11.3 Å². The minimum absolute atomic E-state index is 0.468. The van der Waals surface area contributed by atoms with E-state index in [0.29, 0.717) is 12.0 Å². The first kappa shape index (κ1) is 12.7. The topological polar surface area (TPSA) is 38.1 Å². The molecule has 0 saturated heterocycles. The standard InChI is InChI=1S/C15H20N2O/c1-11(2)7-12(3)17-14-6-4-5-13(8-14)15-9-16-10-18-15/h4-6,8-12,17H,7H2,1-3H3. The molecule has 1 N–H and O–H groups in total. The highest BCUT2D eigenvalue weighted by Crippen LogP contribution is 2.23. The molecule has 1 heterocycles. The first-order valence-corrected chi connectivity index (χ1v) is 6.40. The third-order valence-electron chi connectivity index (χ3n) is 2.82. The number of hydrogen-bond acceptors (Lipinski definition) is 3. The zero-order valence-corrected chi connectivity index (χ0v) is 11.2. The maximum absolute atomic E-state index is 5.31. The van der Waals surface area contributed by atoms with Gasteiger partial charge in [-0.2, -0.15) is 0 Å². The lowest BCUT2D eigenvalue weighted by atomic mass is 10.0. The maximum atomic E-state index is 5.31. The van der Waals surface area contributed by atoms with Crippen LogP contribution in [0, 0.1) is 5.92 Å². The molecule has 0 saturated carbocycles. The summed E-state index contributed by atoms with van der Waals surface area (Å²) in [7, 11) is 0. The van der Waals surface area contributed by atoms with E-state index in [4.69, 9.17) is 4.42 Å². The molecular formula is C15H20N2O. The molecule has 0 bridgehead atoms. The fourth-order valence-electron chi connectivity index (χ4n) is 2.17. The van der Waals surface area contributed by atoms with Gasteiger partial charge in [0.2, 0.25) is 0 Å². The Balaban J connectivity index is 2.08. The van der Waals surface area contributed by atoms with E-state index in [1.165, 1.54) is 6.39 Å². The van der Waals surface area contributed by atoms with Crippen molar-refractivity contribution in [3.05, 3.63) is 36.9 Å². The van der Waals surface area contributed by atoms with Crippen molar-refractivity contribution in [2.75, 3.05) is 5.32 Å². The summed E-state index contributed by atoms with van der Waals surface area (Å²) < 4.78 is 5.31. The molecule has 2 aromatic rings. The maximum Gasteiger partial charge on any atom is 0.181 e. The van der Waals surface area contributed by atoms with Gasteiger partial charge in [0.25, 0.3) is 0 Å². The molecular weight excluding hydrogens is 224 g/mol. The van der Waals surface area contributed by atoms with E-state index in [2.05, 4.69) is 43.2 Å². The van der Waals surface area contributed by atoms with Gasteiger partial charge in [0.05, 0.1) is 6.20 Å². The molecule has 18 heavy (non-hydrogen) atoms. The largest absolute Gasteiger partial charge is 0.444 e. The summed E-state index contributed by atoms with van der Waals surface area (Å²) in [5, 5.41) is 3.51. The van der Waals surface area contributed by atoms with E-state index in [0.717, 1.165) is 23.4 Å². The molecule has 0 spiro atoms. The van der Waals surface area contributed by atoms with Crippen LogP contribution in [0.25, 0.3) is 11.3 Å². The fraction of sp³-hybridized carbons (Fsp3) is 0.400. The smallest absolute Gasteiger partial charge is 0.181 e. The van der Waals surface area contributed by atoms with Gasteiger partial charge in [0.15, 0.2) is 12.2 Å². The highest BCUT2D eigenvalue weighted by Gasteiger charge is 2.06. The number of aromatic nitrogens is 1. The second kappa shape index (κ2) is 5.71. The Morgan fingerprint density at radius 3 is 2.78 bits per heavy atom. The molecule has 0 radical (unpaired) electrons. The summed E-state index contributed by atoms with van der Waals surface area (Å²) in [4.78, 5) is 3.94. The number of rotatable bonds is 5. The summed E-state index contributed by atoms with van der Waals surface area (Å²) >= 11 is 0. The molecule has 1 atom stereocenters. The van der Waals surface area contributed by atoms with Gasteiger partial charge in [-0.1, -0.05) is 26.0 Å². The van der Waals surface area contributed by atoms with Crippen molar-refractivity contribution in [1.29, 1.82) is 0 Å². The number of oxazole rings is 1. The highest BCUT2D eigenvalue weighted by atomic mass is 16.3. The molecule has 0 aliphatic rings. The Morgan fingerprint density at radius 2 is 2.11 bits per heavy atom. The first-order valence-electron chi connectivity index (χ1n) is 6.40. The molecule has 3 heteroatoms. The lowest BCUT2D eigenvalue weighted by molar-refractivity contribution is 0.540. The summed E-state index contributed by atoms with van der Waals surface area (Å²) in [6, 6.07) is 8.70. The second-order valence-electron chi connectivity index (χ2n) is 5.12. The lowest BCUT2D eigenvalue weighted by Crippen LogP contribution is -2.17. The zero-order chi connectivity index (χ0) is 13.0. The molecule has 1 aromatic heterocycles. The van der Waals surface area contributed by atoms with Crippen LogP contribution in [0.5, 0.6) is 0 Å². The van der Waals surface area contributed by atoms with E-state index in [1.807, 2.05) is 12.1 Å². The number of anilines is 1. The molecule has 2 rings (SSSR count). The molecule has 1 aromatic carbocycles. The number of benzene rings is 1. The number of hydrogen-bond donors (Lipinski definition) is 1. The highest BCUT2D eigenvalue weighted by molar-refractivity contribution is 5.63. The molecule has 0 fully saturated rings. The molecule has 0 amide bonds. The average molecular weight is 244 g/mol. The van der Waals surface area contributed by atoms with Gasteiger partial charge >= 0.3 is 0 Å². The van der Waals surface area contributed by atoms with Crippen LogP contribution in [0.15, 0.2) is 41.3 Å². The van der Waals surface area contributed by atoms with Crippen molar-refractivity contribution in [2.45, 2.75) is 33.2 Å². The van der Waals surface area contributed by atoms with Crippen LogP contribution in [-0.2, 0) is 0 Å². The first-order chi connectivity index (χ1) is 8.65. The monoisotopic (exact) mass is 244 g/mol. The normalized spacial score (nSPS) is 12.7. The zero-order valence-electron chi connectivity index (χ0n) is 11.2. The van der Waals surface area contributed by atoms with Crippen molar-refractivity contribution in [3.63, 3.8) is 0 Å². The van der Waals surface area contributed by atoms with Crippen molar-refractivity contribution < 1.29 is 4.42 Å². The predicted octanol–water partition coefficient (Wildman–Crippen LogP) is 4.19. The quantitative estimate of drug-likeness (QED) is 0.857. The van der Waals surface area contributed by atoms with Gasteiger partial charge in [-0.05, 0) is 31.4 Å². The minimum Gasteiger partial charge on any atom is -0.444 e. The molecule has 3 nitrogen and oxygen atoms in total. The Bertz CT molecular complexity index is 477. The lowest BCUT2D eigenvalue weighted by Gasteiger charge is -2.17. The van der Waals surface area contributed by atoms with Crippen LogP contribution in [0.1, 0.15) is 27.2 Å². The summed E-state index contributed by atoms with van der Waals surface area (Å²) in [5.41, 5.74) is 2.17. The molecule has 0 aliphatic carbocycles. The Labute approximate surface area is 108 Å². The van der Waals surface area contributed by atoms with Crippen molar-refractivity contribution in [2.24, 2.45) is 5.92 Å². The molecule has 1 unspecified atom stereocenters. The van der Waals surface area contributed by atoms with Crippen LogP contribution in [0.3, 0.4) is 0 Å². The Kier molecular flexibility index (Phi) is 4.03. The average Bonchev–Trinajstić information content (AvgIpc) is 2.81. The summed E-state index contributed by atoms with van der Waals surface area (Å²) in [5.74, 6) is 1.50. The van der Waals surface area contributed by atoms with Crippen LogP contribution < -0.4 is 5.32 Å². The van der Waals surface area contributed by atoms with E-state index in [1.54, 1.807) is 6.20 Å². The fourth-order valence-corrected chi connectivity index (χ4v) is 2.17. The van der Waals surface area contributed by atoms with Crippen LogP contribution >= 0.6 is 0 Å².